The zero-order chi connectivity index (χ0) is 13.9. The predicted molar refractivity (Wildman–Crippen MR) is 72.7 cm³/mol. The van der Waals surface area contributed by atoms with Gasteiger partial charge in [0.2, 0.25) is 0 Å². The topological polar surface area (TPSA) is 75.3 Å². The highest BCUT2D eigenvalue weighted by Crippen LogP contribution is 2.25. The summed E-state index contributed by atoms with van der Waals surface area (Å²) in [4.78, 5) is 11.0. The first-order valence-corrected chi connectivity index (χ1v) is 6.14. The average Bonchev–Trinajstić information content (AvgIpc) is 2.31. The molecule has 0 aliphatic heterocycles. The number of hydrogen-bond acceptors (Lipinski definition) is 3. The lowest BCUT2D eigenvalue weighted by atomic mass is 9.91. The third-order valence-corrected chi connectivity index (χ3v) is 3.26. The van der Waals surface area contributed by atoms with Crippen LogP contribution in [0.2, 0.25) is 0 Å². The Labute approximate surface area is 108 Å². The summed E-state index contributed by atoms with van der Waals surface area (Å²) in [6, 6.07) is 4.81. The normalized spacial score (nSPS) is 14.6. The van der Waals surface area contributed by atoms with Crippen molar-refractivity contribution in [1.29, 1.82) is 0 Å². The number of nitrogens with two attached hydrogens (primary N) is 1. The van der Waals surface area contributed by atoms with Crippen molar-refractivity contribution in [2.45, 2.75) is 38.8 Å². The van der Waals surface area contributed by atoms with Crippen LogP contribution in [0, 0.1) is 6.92 Å². The molecule has 0 bridgehead atoms. The number of rotatable bonds is 5. The molecule has 0 amide bonds. The molecule has 0 aromatic heterocycles. The number of likely N-dealkylation sites (N-methyl/N-ethyl adjacent to an activating group) is 1. The zero-order valence-corrected chi connectivity index (χ0v) is 11.4. The molecule has 4 heteroatoms. The number of aliphatic carboxylic acids is 1. The Morgan fingerprint density at radius 2 is 2.00 bits per heavy atom. The van der Waals surface area contributed by atoms with Crippen LogP contribution in [0.25, 0.3) is 0 Å². The second kappa shape index (κ2) is 5.98. The first kappa shape index (κ1) is 14.7. The number of carbonyl (C=O) groups is 1. The van der Waals surface area contributed by atoms with E-state index in [1.54, 1.807) is 7.05 Å². The van der Waals surface area contributed by atoms with Crippen LogP contribution in [-0.2, 0) is 4.79 Å². The first-order chi connectivity index (χ1) is 8.38. The van der Waals surface area contributed by atoms with Crippen molar-refractivity contribution >= 4 is 5.97 Å². The average molecular weight is 250 g/mol. The number of nitrogens with one attached hydrogen (secondary N) is 1. The largest absolute Gasteiger partial charge is 0.480 e. The summed E-state index contributed by atoms with van der Waals surface area (Å²) >= 11 is 0. The van der Waals surface area contributed by atoms with Gasteiger partial charge in [0.25, 0.3) is 0 Å². The van der Waals surface area contributed by atoms with Gasteiger partial charge in [0, 0.05) is 0 Å². The molecule has 100 valence electrons. The molecule has 0 aliphatic carbocycles. The summed E-state index contributed by atoms with van der Waals surface area (Å²) in [5.74, 6) is -0.591. The van der Waals surface area contributed by atoms with Crippen LogP contribution in [-0.4, -0.2) is 24.2 Å². The molecular weight excluding hydrogens is 228 g/mol. The highest BCUT2D eigenvalue weighted by atomic mass is 16.4. The third-order valence-electron chi connectivity index (χ3n) is 3.26. The lowest BCUT2D eigenvalue weighted by molar-refractivity contribution is -0.139. The van der Waals surface area contributed by atoms with Crippen molar-refractivity contribution in [3.63, 3.8) is 0 Å². The van der Waals surface area contributed by atoms with E-state index in [9.17, 15) is 4.79 Å². The predicted octanol–water partition coefficient (Wildman–Crippen LogP) is 1.79. The van der Waals surface area contributed by atoms with Crippen LogP contribution < -0.4 is 11.1 Å². The summed E-state index contributed by atoms with van der Waals surface area (Å²) in [5, 5.41) is 12.0. The Kier molecular flexibility index (Phi) is 4.87. The van der Waals surface area contributed by atoms with Gasteiger partial charge in [-0.25, -0.2) is 0 Å². The van der Waals surface area contributed by atoms with Crippen LogP contribution in [0.1, 0.15) is 42.5 Å². The summed E-state index contributed by atoms with van der Waals surface area (Å²) in [5.41, 5.74) is 8.93. The number of hydrogen-bond donors (Lipinski definition) is 3. The number of carboxylic acids is 1. The minimum Gasteiger partial charge on any atom is -0.480 e. The molecule has 0 fully saturated rings. The second-order valence-corrected chi connectivity index (χ2v) is 4.90. The minimum atomic E-state index is -0.997. The first-order valence-electron chi connectivity index (χ1n) is 6.14. The highest BCUT2D eigenvalue weighted by molar-refractivity contribution is 5.74. The molecule has 2 atom stereocenters. The van der Waals surface area contributed by atoms with Crippen LogP contribution in [0.5, 0.6) is 0 Å². The molecule has 18 heavy (non-hydrogen) atoms. The van der Waals surface area contributed by atoms with Gasteiger partial charge in [-0.15, -0.1) is 0 Å². The van der Waals surface area contributed by atoms with Crippen LogP contribution in [0.15, 0.2) is 18.2 Å². The van der Waals surface area contributed by atoms with Gasteiger partial charge in [-0.1, -0.05) is 32.0 Å². The fourth-order valence-electron chi connectivity index (χ4n) is 2.02. The lowest BCUT2D eigenvalue weighted by Gasteiger charge is -2.23. The fourth-order valence-corrected chi connectivity index (χ4v) is 2.02. The van der Waals surface area contributed by atoms with Gasteiger partial charge >= 0.3 is 5.97 Å². The summed E-state index contributed by atoms with van der Waals surface area (Å²) in [6.45, 7) is 6.19. The molecule has 1 rings (SSSR count). The van der Waals surface area contributed by atoms with Gasteiger partial charge in [0.05, 0.1) is 6.04 Å². The Morgan fingerprint density at radius 1 is 1.39 bits per heavy atom. The monoisotopic (exact) mass is 250 g/mol. The molecule has 0 saturated carbocycles. The van der Waals surface area contributed by atoms with E-state index >= 15 is 0 Å². The molecule has 0 heterocycles. The summed E-state index contributed by atoms with van der Waals surface area (Å²) < 4.78 is 0. The van der Waals surface area contributed by atoms with E-state index in [1.807, 2.05) is 19.1 Å². The van der Waals surface area contributed by atoms with E-state index in [0.29, 0.717) is 5.92 Å². The SMILES string of the molecule is CNC(c1cc(C(C)C)ccc1C)C(N)C(=O)O. The Balaban J connectivity index is 3.19. The molecule has 4 nitrogen and oxygen atoms in total. The standard InChI is InChI=1S/C14H22N2O2/c1-8(2)10-6-5-9(3)11(7-10)13(16-4)12(15)14(17)18/h5-8,12-13,16H,15H2,1-4H3,(H,17,18). The van der Waals surface area contributed by atoms with Gasteiger partial charge in [0.15, 0.2) is 0 Å². The van der Waals surface area contributed by atoms with Gasteiger partial charge in [-0.2, -0.15) is 0 Å². The van der Waals surface area contributed by atoms with E-state index in [4.69, 9.17) is 10.8 Å². The van der Waals surface area contributed by atoms with Gasteiger partial charge in [0.1, 0.15) is 6.04 Å². The quantitative estimate of drug-likeness (QED) is 0.744. The van der Waals surface area contributed by atoms with Gasteiger partial charge < -0.3 is 16.2 Å². The van der Waals surface area contributed by atoms with E-state index in [0.717, 1.165) is 11.1 Å². The van der Waals surface area contributed by atoms with Crippen molar-refractivity contribution < 1.29 is 9.90 Å². The summed E-state index contributed by atoms with van der Waals surface area (Å²) in [6.07, 6.45) is 0. The maximum atomic E-state index is 11.0. The molecule has 2 unspecified atom stereocenters. The Bertz CT molecular complexity index is 430. The van der Waals surface area contributed by atoms with Crippen LogP contribution >= 0.6 is 0 Å². The smallest absolute Gasteiger partial charge is 0.322 e. The Hall–Kier alpha value is -1.39. The van der Waals surface area contributed by atoms with Crippen molar-refractivity contribution in [3.05, 3.63) is 34.9 Å². The number of carboxylic acid groups (broad SMARTS) is 1. The maximum absolute atomic E-state index is 11.0. The van der Waals surface area contributed by atoms with Crippen LogP contribution in [0.4, 0.5) is 0 Å². The van der Waals surface area contributed by atoms with Crippen molar-refractivity contribution in [2.24, 2.45) is 5.73 Å². The minimum absolute atomic E-state index is 0.374. The van der Waals surface area contributed by atoms with Crippen molar-refractivity contribution in [2.75, 3.05) is 7.05 Å². The number of aryl methyl sites for hydroxylation is 1. The fraction of sp³-hybridized carbons (Fsp3) is 0.500. The molecule has 0 spiro atoms. The molecule has 0 radical (unpaired) electrons. The molecule has 0 aliphatic rings. The third kappa shape index (κ3) is 3.09. The maximum Gasteiger partial charge on any atom is 0.322 e. The Morgan fingerprint density at radius 3 is 2.44 bits per heavy atom. The van der Waals surface area contributed by atoms with Crippen LogP contribution in [0.3, 0.4) is 0 Å². The molecule has 1 aromatic rings. The highest BCUT2D eigenvalue weighted by Gasteiger charge is 2.25. The van der Waals surface area contributed by atoms with E-state index in [1.165, 1.54) is 5.56 Å². The summed E-state index contributed by atoms with van der Waals surface area (Å²) in [7, 11) is 1.73. The molecule has 0 saturated heterocycles. The van der Waals surface area contributed by atoms with Gasteiger partial charge in [-0.3, -0.25) is 4.79 Å². The van der Waals surface area contributed by atoms with E-state index < -0.39 is 12.0 Å². The zero-order valence-electron chi connectivity index (χ0n) is 11.4. The van der Waals surface area contributed by atoms with E-state index in [-0.39, 0.29) is 6.04 Å². The second-order valence-electron chi connectivity index (χ2n) is 4.90. The molecule has 1 aromatic carbocycles. The lowest BCUT2D eigenvalue weighted by Crippen LogP contribution is -2.42. The molecular formula is C14H22N2O2. The van der Waals surface area contributed by atoms with Crippen molar-refractivity contribution in [3.8, 4) is 0 Å². The van der Waals surface area contributed by atoms with Crippen molar-refractivity contribution in [1.82, 2.24) is 5.32 Å². The van der Waals surface area contributed by atoms with Gasteiger partial charge in [-0.05, 0) is 36.6 Å². The molecule has 4 N–H and O–H groups in total. The van der Waals surface area contributed by atoms with E-state index in [2.05, 4.69) is 25.2 Å². The number of benzene rings is 1.